The molecule has 1 saturated heterocycles. The fraction of sp³-hybridized carbons (Fsp3) is 0.400. The molecule has 0 unspecified atom stereocenters. The molecule has 1 fully saturated rings. The largest absolute Gasteiger partial charge is 0.497 e. The smallest absolute Gasteiger partial charge is 0.322 e. The number of piperidine rings is 1. The van der Waals surface area contributed by atoms with Crippen molar-refractivity contribution in [3.05, 3.63) is 77.2 Å². The summed E-state index contributed by atoms with van der Waals surface area (Å²) in [4.78, 5) is 41.2. The van der Waals surface area contributed by atoms with Gasteiger partial charge in [0, 0.05) is 44.0 Å². The van der Waals surface area contributed by atoms with Crippen molar-refractivity contribution in [2.75, 3.05) is 43.6 Å². The van der Waals surface area contributed by atoms with Crippen molar-refractivity contribution in [2.24, 2.45) is 0 Å². The molecule has 1 aromatic heterocycles. The second kappa shape index (κ2) is 11.1. The first-order valence-electron chi connectivity index (χ1n) is 13.8. The molecule has 3 aromatic rings. The average Bonchev–Trinajstić information content (AvgIpc) is 3.17. The molecule has 208 valence electrons. The Morgan fingerprint density at radius 3 is 2.62 bits per heavy atom. The van der Waals surface area contributed by atoms with Gasteiger partial charge in [-0.05, 0) is 60.6 Å². The molecule has 3 amide bonds. The number of aliphatic hydroxyl groups is 1. The number of nitrogens with zero attached hydrogens (tertiary/aromatic N) is 5. The Kier molecular flexibility index (Phi) is 7.25. The fourth-order valence-electron chi connectivity index (χ4n) is 6.08. The van der Waals surface area contributed by atoms with Gasteiger partial charge in [0.15, 0.2) is 0 Å². The number of aliphatic hydroxyl groups excluding tert-OH is 1. The number of nitrogens with one attached hydrogen (secondary N) is 1. The van der Waals surface area contributed by atoms with Crippen LogP contribution in [0, 0.1) is 0 Å². The van der Waals surface area contributed by atoms with E-state index >= 15 is 0 Å². The molecule has 10 nitrogen and oxygen atoms in total. The number of aromatic nitrogens is 2. The lowest BCUT2D eigenvalue weighted by Gasteiger charge is -2.38. The van der Waals surface area contributed by atoms with Crippen LogP contribution in [0.4, 0.5) is 16.3 Å². The third-order valence-electron chi connectivity index (χ3n) is 8.36. The monoisotopic (exact) mass is 542 g/mol. The number of anilines is 2. The van der Waals surface area contributed by atoms with E-state index in [1.807, 2.05) is 41.3 Å². The number of ether oxygens (including phenoxy) is 1. The van der Waals surface area contributed by atoms with Gasteiger partial charge in [0.05, 0.1) is 19.8 Å². The van der Waals surface area contributed by atoms with E-state index in [1.165, 1.54) is 11.9 Å². The third kappa shape index (κ3) is 5.06. The highest BCUT2D eigenvalue weighted by Gasteiger charge is 2.33. The summed E-state index contributed by atoms with van der Waals surface area (Å²) in [7, 11) is 1.65. The minimum Gasteiger partial charge on any atom is -0.497 e. The van der Waals surface area contributed by atoms with Crippen molar-refractivity contribution >= 4 is 23.4 Å². The van der Waals surface area contributed by atoms with Crippen molar-refractivity contribution in [3.8, 4) is 5.75 Å². The Bertz CT molecular complexity index is 1410. The topological polar surface area (TPSA) is 111 Å². The lowest BCUT2D eigenvalue weighted by atomic mass is 9.94. The van der Waals surface area contributed by atoms with Crippen molar-refractivity contribution in [3.63, 3.8) is 0 Å². The minimum atomic E-state index is -0.288. The number of benzene rings is 2. The molecule has 1 atom stereocenters. The molecule has 2 N–H and O–H groups in total. The van der Waals surface area contributed by atoms with Crippen molar-refractivity contribution in [1.29, 1.82) is 0 Å². The van der Waals surface area contributed by atoms with Crippen molar-refractivity contribution in [1.82, 2.24) is 19.8 Å². The maximum Gasteiger partial charge on any atom is 0.322 e. The molecule has 0 radical (unpaired) electrons. The molecule has 0 bridgehead atoms. The number of urea groups is 1. The summed E-state index contributed by atoms with van der Waals surface area (Å²) >= 11 is 0. The average molecular weight is 543 g/mol. The third-order valence-corrected chi connectivity index (χ3v) is 8.36. The summed E-state index contributed by atoms with van der Waals surface area (Å²) < 4.78 is 5.35. The molecular weight excluding hydrogens is 508 g/mol. The van der Waals surface area contributed by atoms with Crippen LogP contribution in [0.1, 0.15) is 40.0 Å². The second-order valence-corrected chi connectivity index (χ2v) is 10.6. The summed E-state index contributed by atoms with van der Waals surface area (Å²) in [5.41, 5.74) is 4.50. The van der Waals surface area contributed by atoms with Crippen LogP contribution < -0.4 is 15.0 Å². The predicted octanol–water partition coefficient (Wildman–Crippen LogP) is 3.10. The maximum atomic E-state index is 13.5. The Labute approximate surface area is 233 Å². The minimum absolute atomic E-state index is 0.0705. The zero-order valence-electron chi connectivity index (χ0n) is 22.6. The molecule has 4 heterocycles. The van der Waals surface area contributed by atoms with E-state index in [1.54, 1.807) is 18.1 Å². The van der Waals surface area contributed by atoms with Gasteiger partial charge in [0.25, 0.3) is 5.91 Å². The molecule has 2 aromatic carbocycles. The summed E-state index contributed by atoms with van der Waals surface area (Å²) in [5.74, 6) is 1.29. The molecular formula is C30H34N6O4. The Hall–Kier alpha value is -4.18. The number of hydrogen-bond acceptors (Lipinski definition) is 7. The number of rotatable bonds is 5. The molecule has 10 heteroatoms. The first-order chi connectivity index (χ1) is 19.5. The quantitative estimate of drug-likeness (QED) is 0.510. The van der Waals surface area contributed by atoms with E-state index in [-0.39, 0.29) is 30.6 Å². The van der Waals surface area contributed by atoms with Crippen LogP contribution in [0.3, 0.4) is 0 Å². The zero-order chi connectivity index (χ0) is 27.6. The van der Waals surface area contributed by atoms with Crippen LogP contribution in [0.25, 0.3) is 0 Å². The van der Waals surface area contributed by atoms with Gasteiger partial charge in [-0.15, -0.1) is 0 Å². The molecule has 0 saturated carbocycles. The Morgan fingerprint density at radius 2 is 1.85 bits per heavy atom. The lowest BCUT2D eigenvalue weighted by Crippen LogP contribution is -2.49. The zero-order valence-corrected chi connectivity index (χ0v) is 22.6. The normalized spacial score (nSPS) is 19.4. The van der Waals surface area contributed by atoms with E-state index in [0.717, 1.165) is 54.9 Å². The van der Waals surface area contributed by atoms with Crippen LogP contribution in [-0.2, 0) is 19.4 Å². The van der Waals surface area contributed by atoms with E-state index < -0.39 is 0 Å². The first kappa shape index (κ1) is 26.1. The standard InChI is InChI=1S/C30H34N6O4/c1-40-25-6-7-26-21(15-25)8-13-35(30(39)33-26)23-9-11-34(12-10-23)28-16-27(31-19-32-28)29(38)36-17-22-5-3-2-4-20(22)14-24(36)18-37/h2-7,15-16,19,23-24,37H,8-14,17-18H2,1H3,(H,33,39)/t24-/m0/s1. The predicted molar refractivity (Wildman–Crippen MR) is 151 cm³/mol. The summed E-state index contributed by atoms with van der Waals surface area (Å²) in [5, 5.41) is 13.1. The highest BCUT2D eigenvalue weighted by Crippen LogP contribution is 2.29. The van der Waals surface area contributed by atoms with E-state index in [4.69, 9.17) is 4.74 Å². The van der Waals surface area contributed by atoms with Gasteiger partial charge in [-0.25, -0.2) is 14.8 Å². The van der Waals surface area contributed by atoms with Gasteiger partial charge in [-0.3, -0.25) is 4.79 Å². The maximum absolute atomic E-state index is 13.5. The van der Waals surface area contributed by atoms with Crippen LogP contribution in [0.5, 0.6) is 5.75 Å². The number of carbonyl (C=O) groups excluding carboxylic acids is 2. The summed E-state index contributed by atoms with van der Waals surface area (Å²) in [6, 6.07) is 15.3. The SMILES string of the molecule is COc1ccc2c(c1)CCN(C1CCN(c3cc(C(=O)N4Cc5ccccc5C[C@H]4CO)ncn3)CC1)C(=O)N2. The highest BCUT2D eigenvalue weighted by atomic mass is 16.5. The first-order valence-corrected chi connectivity index (χ1v) is 13.8. The fourth-order valence-corrected chi connectivity index (χ4v) is 6.08. The van der Waals surface area contributed by atoms with E-state index in [2.05, 4.69) is 26.3 Å². The van der Waals surface area contributed by atoms with Crippen LogP contribution in [0.2, 0.25) is 0 Å². The lowest BCUT2D eigenvalue weighted by molar-refractivity contribution is 0.0538. The highest BCUT2D eigenvalue weighted by molar-refractivity contribution is 5.93. The molecule has 0 spiro atoms. The Balaban J connectivity index is 1.11. The number of hydrogen-bond donors (Lipinski definition) is 2. The Morgan fingerprint density at radius 1 is 1.05 bits per heavy atom. The van der Waals surface area contributed by atoms with Gasteiger partial charge in [0.2, 0.25) is 0 Å². The van der Waals surface area contributed by atoms with Crippen molar-refractivity contribution < 1.29 is 19.4 Å². The van der Waals surface area contributed by atoms with Crippen molar-refractivity contribution in [2.45, 2.75) is 44.3 Å². The summed E-state index contributed by atoms with van der Waals surface area (Å²) in [6.07, 6.45) is 4.42. The number of fused-ring (bicyclic) bond motifs is 2. The van der Waals surface area contributed by atoms with Gasteiger partial charge in [-0.2, -0.15) is 0 Å². The van der Waals surface area contributed by atoms with Gasteiger partial charge < -0.3 is 29.9 Å². The van der Waals surface area contributed by atoms with Gasteiger partial charge in [-0.1, -0.05) is 24.3 Å². The van der Waals surface area contributed by atoms with Crippen LogP contribution in [0.15, 0.2) is 54.9 Å². The molecule has 3 aliphatic rings. The number of carbonyl (C=O) groups is 2. The second-order valence-electron chi connectivity index (χ2n) is 10.6. The number of amides is 3. The van der Waals surface area contributed by atoms with Crippen LogP contribution >= 0.6 is 0 Å². The molecule has 6 rings (SSSR count). The van der Waals surface area contributed by atoms with Gasteiger partial charge >= 0.3 is 6.03 Å². The van der Waals surface area contributed by atoms with Crippen LogP contribution in [-0.4, -0.2) is 82.2 Å². The molecule has 40 heavy (non-hydrogen) atoms. The van der Waals surface area contributed by atoms with E-state index in [9.17, 15) is 14.7 Å². The molecule has 0 aliphatic carbocycles. The number of methoxy groups -OCH3 is 1. The summed E-state index contributed by atoms with van der Waals surface area (Å²) in [6.45, 7) is 2.42. The van der Waals surface area contributed by atoms with E-state index in [0.29, 0.717) is 31.0 Å². The van der Waals surface area contributed by atoms with Gasteiger partial charge in [0.1, 0.15) is 23.6 Å². The molecule has 3 aliphatic heterocycles.